The Morgan fingerprint density at radius 3 is 2.00 bits per heavy atom. The molecule has 0 aliphatic carbocycles. The Kier molecular flexibility index (Phi) is 12.9. The van der Waals surface area contributed by atoms with Crippen molar-refractivity contribution in [2.45, 2.75) is 102 Å². The zero-order valence-electron chi connectivity index (χ0n) is 31.8. The molecule has 0 saturated heterocycles. The van der Waals surface area contributed by atoms with E-state index < -0.39 is 5.41 Å². The molecule has 0 amide bonds. The van der Waals surface area contributed by atoms with Gasteiger partial charge in [0.2, 0.25) is 0 Å². The minimum absolute atomic E-state index is 0. The fourth-order valence-corrected chi connectivity index (χ4v) is 6.95. The number of allylic oxidation sites excluding steroid dienone is 2. The average Bonchev–Trinajstić information content (AvgIpc) is 3.40. The van der Waals surface area contributed by atoms with Gasteiger partial charge in [0.25, 0.3) is 0 Å². The van der Waals surface area contributed by atoms with Gasteiger partial charge in [0, 0.05) is 63.7 Å². The number of nitrogens with zero attached hydrogens (tertiary/aromatic N) is 1. The third kappa shape index (κ3) is 8.73. The standard InChI is InChI=1S/C29H28NS.C15H28O2.Ir/c1-18(2)15-20-10-8-12-23-24-13-14-30-26(28(24)31-27(20)23)21-16-19-9-6-7-11-22(19)25(17-21)29(3,4)5;1-10(2)14(5,6)12(16)9-13(17)15(7,8)11(3)4;/h6-14,17-18H,15H2,1-5H3;9-11,16H,1-8H3;/q-1;;/b;12-9-;. The van der Waals surface area contributed by atoms with Gasteiger partial charge in [-0.05, 0) is 46.6 Å². The predicted molar refractivity (Wildman–Crippen MR) is 209 cm³/mol. The number of fused-ring (bicyclic) bond motifs is 4. The van der Waals surface area contributed by atoms with E-state index in [-0.39, 0.29) is 54.3 Å². The molecule has 0 saturated carbocycles. The summed E-state index contributed by atoms with van der Waals surface area (Å²) in [5.74, 6) is 1.36. The number of hydrogen-bond acceptors (Lipinski definition) is 4. The van der Waals surface area contributed by atoms with E-state index in [9.17, 15) is 9.90 Å². The van der Waals surface area contributed by atoms with E-state index >= 15 is 0 Å². The molecule has 5 aromatic rings. The van der Waals surface area contributed by atoms with Crippen LogP contribution in [0.4, 0.5) is 0 Å². The number of aliphatic hydroxyl groups excluding tert-OH is 1. The Hall–Kier alpha value is -2.85. The second kappa shape index (κ2) is 15.6. The minimum atomic E-state index is -0.430. The van der Waals surface area contributed by atoms with Gasteiger partial charge in [0.05, 0.1) is 0 Å². The van der Waals surface area contributed by atoms with E-state index in [1.807, 2.05) is 72.9 Å². The van der Waals surface area contributed by atoms with Crippen LogP contribution in [0.1, 0.15) is 101 Å². The van der Waals surface area contributed by atoms with Gasteiger partial charge in [0.1, 0.15) is 5.76 Å². The topological polar surface area (TPSA) is 50.2 Å². The molecule has 3 nitrogen and oxygen atoms in total. The first-order chi connectivity index (χ1) is 22.3. The van der Waals surface area contributed by atoms with Crippen molar-refractivity contribution < 1.29 is 30.0 Å². The Morgan fingerprint density at radius 1 is 0.816 bits per heavy atom. The number of benzene rings is 3. The largest absolute Gasteiger partial charge is 0.512 e. The van der Waals surface area contributed by atoms with Crippen LogP contribution in [0.3, 0.4) is 0 Å². The Balaban J connectivity index is 0.000000312. The monoisotopic (exact) mass is 855 g/mol. The van der Waals surface area contributed by atoms with Crippen LogP contribution in [-0.4, -0.2) is 15.9 Å². The summed E-state index contributed by atoms with van der Waals surface area (Å²) in [5.41, 5.74) is 4.18. The van der Waals surface area contributed by atoms with Crippen molar-refractivity contribution in [2.75, 3.05) is 0 Å². The fourth-order valence-electron chi connectivity index (χ4n) is 5.63. The maximum atomic E-state index is 12.1. The van der Waals surface area contributed by atoms with E-state index in [2.05, 4.69) is 95.3 Å². The molecule has 0 bridgehead atoms. The number of pyridine rings is 1. The van der Waals surface area contributed by atoms with Crippen molar-refractivity contribution in [3.05, 3.63) is 89.8 Å². The molecule has 0 fully saturated rings. The van der Waals surface area contributed by atoms with Crippen LogP contribution in [0.25, 0.3) is 42.2 Å². The summed E-state index contributed by atoms with van der Waals surface area (Å²) < 4.78 is 2.66. The van der Waals surface area contributed by atoms with E-state index in [1.54, 1.807) is 0 Å². The second-order valence-corrected chi connectivity index (χ2v) is 17.6. The van der Waals surface area contributed by atoms with Gasteiger partial charge >= 0.3 is 0 Å². The van der Waals surface area contributed by atoms with E-state index in [0.717, 1.165) is 23.1 Å². The molecule has 0 spiro atoms. The number of carbonyl (C=O) groups is 1. The number of thiophene rings is 1. The molecular formula is C44H56IrNO2S-. The Morgan fingerprint density at radius 2 is 1.41 bits per heavy atom. The van der Waals surface area contributed by atoms with Gasteiger partial charge in [-0.25, -0.2) is 0 Å². The first kappa shape index (κ1) is 40.6. The predicted octanol–water partition coefficient (Wildman–Crippen LogP) is 12.9. The van der Waals surface area contributed by atoms with Crippen LogP contribution in [-0.2, 0) is 36.7 Å². The first-order valence-electron chi connectivity index (χ1n) is 17.5. The van der Waals surface area contributed by atoms with Crippen LogP contribution >= 0.6 is 11.3 Å². The molecule has 2 heterocycles. The van der Waals surface area contributed by atoms with Crippen LogP contribution in [0.5, 0.6) is 0 Å². The molecule has 3 aromatic carbocycles. The number of aliphatic hydroxyl groups is 1. The summed E-state index contributed by atoms with van der Waals surface area (Å²) in [5, 5.41) is 15.2. The quantitative estimate of drug-likeness (QED) is 0.0961. The van der Waals surface area contributed by atoms with Crippen LogP contribution < -0.4 is 0 Å². The minimum Gasteiger partial charge on any atom is -0.512 e. The molecule has 0 atom stereocenters. The maximum absolute atomic E-state index is 12.1. The summed E-state index contributed by atoms with van der Waals surface area (Å²) in [6, 6.07) is 23.5. The van der Waals surface area contributed by atoms with Gasteiger partial charge in [0.15, 0.2) is 5.78 Å². The first-order valence-corrected chi connectivity index (χ1v) is 18.3. The molecule has 1 radical (unpaired) electrons. The normalized spacial score (nSPS) is 12.9. The van der Waals surface area contributed by atoms with Gasteiger partial charge in [-0.15, -0.1) is 40.5 Å². The van der Waals surface area contributed by atoms with Crippen LogP contribution in [0.2, 0.25) is 0 Å². The molecule has 0 unspecified atom stereocenters. The molecule has 2 aromatic heterocycles. The third-order valence-electron chi connectivity index (χ3n) is 10.4. The molecule has 0 aliphatic rings. The van der Waals surface area contributed by atoms with Crippen molar-refractivity contribution in [1.82, 2.24) is 4.98 Å². The Labute approximate surface area is 313 Å². The van der Waals surface area contributed by atoms with Crippen LogP contribution in [0, 0.1) is 34.7 Å². The fraction of sp³-hybridized carbons (Fsp3) is 0.455. The number of aromatic nitrogens is 1. The SMILES string of the molecule is CC(C)C(C)(C)C(=O)/C=C(\O)C(C)(C)C(C)C.CC(C)Cc1cccc2c1sc1c(-c3[c-]c4ccccc4c(C(C)(C)C)c3)nccc12.[Ir]. The smallest absolute Gasteiger partial charge is 0.164 e. The van der Waals surface area contributed by atoms with Crippen molar-refractivity contribution in [1.29, 1.82) is 0 Å². The van der Waals surface area contributed by atoms with Gasteiger partial charge < -0.3 is 5.11 Å². The maximum Gasteiger partial charge on any atom is 0.164 e. The molecule has 49 heavy (non-hydrogen) atoms. The summed E-state index contributed by atoms with van der Waals surface area (Å²) in [4.78, 5) is 17.0. The number of carbonyl (C=O) groups excluding carboxylic acids is 1. The van der Waals surface area contributed by atoms with Crippen molar-refractivity contribution in [3.63, 3.8) is 0 Å². The van der Waals surface area contributed by atoms with Crippen molar-refractivity contribution in [3.8, 4) is 11.3 Å². The molecular weight excluding hydrogens is 799 g/mol. The summed E-state index contributed by atoms with van der Waals surface area (Å²) in [7, 11) is 0. The van der Waals surface area contributed by atoms with E-state index in [1.165, 1.54) is 42.8 Å². The average molecular weight is 855 g/mol. The zero-order valence-corrected chi connectivity index (χ0v) is 35.0. The zero-order chi connectivity index (χ0) is 35.8. The third-order valence-corrected chi connectivity index (χ3v) is 11.7. The van der Waals surface area contributed by atoms with Gasteiger partial charge in [-0.3, -0.25) is 9.78 Å². The number of hydrogen-bond donors (Lipinski definition) is 1. The Bertz CT molecular complexity index is 1950. The molecule has 5 heteroatoms. The molecule has 0 aliphatic heterocycles. The van der Waals surface area contributed by atoms with Crippen molar-refractivity contribution >= 4 is 48.1 Å². The number of ketones is 1. The van der Waals surface area contributed by atoms with Crippen molar-refractivity contribution in [2.24, 2.45) is 28.6 Å². The molecule has 5 rings (SSSR count). The van der Waals surface area contributed by atoms with Gasteiger partial charge in [-0.2, -0.15) is 0 Å². The van der Waals surface area contributed by atoms with Crippen LogP contribution in [0.15, 0.2) is 72.6 Å². The summed E-state index contributed by atoms with van der Waals surface area (Å²) >= 11 is 1.89. The van der Waals surface area contributed by atoms with E-state index in [4.69, 9.17) is 4.98 Å². The molecule has 1 N–H and O–H groups in total. The van der Waals surface area contributed by atoms with Gasteiger partial charge in [-0.1, -0.05) is 137 Å². The summed E-state index contributed by atoms with van der Waals surface area (Å²) in [6.45, 7) is 27.3. The second-order valence-electron chi connectivity index (χ2n) is 16.6. The molecule has 265 valence electrons. The summed E-state index contributed by atoms with van der Waals surface area (Å²) in [6.07, 6.45) is 4.47. The number of rotatable bonds is 8. The van der Waals surface area contributed by atoms with E-state index in [0.29, 0.717) is 5.92 Å².